The van der Waals surface area contributed by atoms with Gasteiger partial charge < -0.3 is 74.6 Å². The first-order valence-corrected chi connectivity index (χ1v) is 26.0. The molecule has 8 atom stereocenters. The van der Waals surface area contributed by atoms with Gasteiger partial charge in [-0.3, -0.25) is 52.9 Å². The lowest BCUT2D eigenvalue weighted by Crippen LogP contribution is -2.66. The average molecular weight is 1080 g/mol. The van der Waals surface area contributed by atoms with Crippen LogP contribution in [0.2, 0.25) is 0 Å². The Labute approximate surface area is 449 Å². The lowest BCUT2D eigenvalue weighted by Gasteiger charge is -2.38. The van der Waals surface area contributed by atoms with E-state index < -0.39 is 114 Å². The van der Waals surface area contributed by atoms with Gasteiger partial charge in [0.15, 0.2) is 5.96 Å². The Morgan fingerprint density at radius 2 is 1.41 bits per heavy atom. The minimum absolute atomic E-state index is 0.00251. The van der Waals surface area contributed by atoms with E-state index in [0.29, 0.717) is 24.1 Å². The summed E-state index contributed by atoms with van der Waals surface area (Å²) < 4.78 is 0. The van der Waals surface area contributed by atoms with Crippen molar-refractivity contribution in [2.45, 2.75) is 133 Å². The van der Waals surface area contributed by atoms with Crippen molar-refractivity contribution in [3.05, 3.63) is 90.1 Å². The number of aromatic nitrogens is 3. The summed E-state index contributed by atoms with van der Waals surface area (Å²) in [6.07, 6.45) is 5.74. The van der Waals surface area contributed by atoms with Gasteiger partial charge in [-0.25, -0.2) is 4.98 Å². The fourth-order valence-corrected chi connectivity index (χ4v) is 9.27. The second-order valence-corrected chi connectivity index (χ2v) is 19.3. The number of nitrogens with one attached hydrogen (secondary N) is 10. The highest BCUT2D eigenvalue weighted by Crippen LogP contribution is 2.21. The van der Waals surface area contributed by atoms with Crippen molar-refractivity contribution in [1.29, 1.82) is 0 Å². The molecule has 0 aliphatic carbocycles. The molecule has 2 saturated heterocycles. The number of aromatic amines is 2. The number of guanidine groups is 1. The molecule has 26 heteroatoms. The summed E-state index contributed by atoms with van der Waals surface area (Å²) in [5.74, 6) is -8.12. The Morgan fingerprint density at radius 3 is 2.12 bits per heavy atom. The molecular formula is C52H70N16O10. The summed E-state index contributed by atoms with van der Waals surface area (Å²) in [4.78, 5) is 155. The van der Waals surface area contributed by atoms with Crippen molar-refractivity contribution >= 4 is 75.9 Å². The van der Waals surface area contributed by atoms with E-state index in [0.717, 1.165) is 17.3 Å². The predicted molar refractivity (Wildman–Crippen MR) is 284 cm³/mol. The molecule has 2 fully saturated rings. The van der Waals surface area contributed by atoms with Gasteiger partial charge in [-0.05, 0) is 55.7 Å². The molecule has 2 aliphatic rings. The summed E-state index contributed by atoms with van der Waals surface area (Å²) in [5, 5.41) is 22.2. The van der Waals surface area contributed by atoms with Gasteiger partial charge in [-0.1, -0.05) is 68.3 Å². The third-order valence-electron chi connectivity index (χ3n) is 13.5. The Bertz CT molecular complexity index is 2800. The zero-order chi connectivity index (χ0) is 56.3. The van der Waals surface area contributed by atoms with Crippen LogP contribution in [-0.4, -0.2) is 147 Å². The van der Waals surface area contributed by atoms with Gasteiger partial charge in [-0.2, -0.15) is 0 Å². The van der Waals surface area contributed by atoms with Gasteiger partial charge in [0.05, 0.1) is 19.3 Å². The van der Waals surface area contributed by atoms with E-state index in [1.54, 1.807) is 36.5 Å². The number of nitrogens with zero attached hydrogens (tertiary/aromatic N) is 3. The Morgan fingerprint density at radius 1 is 0.731 bits per heavy atom. The second-order valence-electron chi connectivity index (χ2n) is 19.3. The van der Waals surface area contributed by atoms with Crippen LogP contribution in [0.15, 0.2) is 78.3 Å². The summed E-state index contributed by atoms with van der Waals surface area (Å²) in [5.41, 5.74) is 19.0. The lowest BCUT2D eigenvalue weighted by molar-refractivity contribution is -0.146. The predicted octanol–water partition coefficient (Wildman–Crippen LogP) is -1.91. The van der Waals surface area contributed by atoms with E-state index in [1.165, 1.54) is 24.3 Å². The average Bonchev–Trinajstić information content (AvgIpc) is 4.11. The molecule has 2 aliphatic heterocycles. The van der Waals surface area contributed by atoms with Gasteiger partial charge in [0.25, 0.3) is 0 Å². The number of rotatable bonds is 15. The van der Waals surface area contributed by atoms with E-state index in [4.69, 9.17) is 17.2 Å². The fourth-order valence-electron chi connectivity index (χ4n) is 9.27. The maximum absolute atomic E-state index is 14.8. The lowest BCUT2D eigenvalue weighted by atomic mass is 10.0. The van der Waals surface area contributed by atoms with Crippen molar-refractivity contribution in [3.8, 4) is 0 Å². The standard InChI is InChI=1S/C52H70N16O10/c1-3-4-19-41-50(77)66-40(27-68(41)29(2)69)49(76)65-39-24-42(70)57-20-11-10-17-35(44(53)71)61-46(73)37(22-31-25-59-34-16-9-8-15-33(31)34)63-45(72)36(18-12-21-58-52(54)55)62-51(78)43(30-13-6-5-7-14-30)67-48(75)38(64-47(39)74)23-32-26-56-28-60-32/h5-9,13-16,25-26,28,35-41,43,59H,3-4,10-12,17-24,27H2,1-2H3,(H2,53,71)(H,56,60)(H,57,70)(H,61,73)(H,62,78)(H,63,72)(H,64,74)(H,65,76)(H,66,77)(H,67,75)(H4,54,55,58)/t35-,36-,37-,38-,39-,40+,41-,43?/m0/s1. The van der Waals surface area contributed by atoms with E-state index in [1.807, 2.05) is 31.2 Å². The van der Waals surface area contributed by atoms with Gasteiger partial charge >= 0.3 is 0 Å². The van der Waals surface area contributed by atoms with Crippen LogP contribution in [0.5, 0.6) is 0 Å². The number of nitrogens with two attached hydrogens (primary N) is 3. The van der Waals surface area contributed by atoms with Crippen molar-refractivity contribution in [2.75, 3.05) is 19.6 Å². The number of hydrogen-bond donors (Lipinski definition) is 13. The molecule has 1 unspecified atom stereocenters. The molecule has 0 saturated carbocycles. The van der Waals surface area contributed by atoms with Crippen LogP contribution in [0.1, 0.15) is 94.5 Å². The normalized spacial score (nSPS) is 23.5. The Hall–Kier alpha value is -8.84. The highest BCUT2D eigenvalue weighted by Gasteiger charge is 2.41. The molecule has 418 valence electrons. The largest absolute Gasteiger partial charge is 0.370 e. The van der Waals surface area contributed by atoms with E-state index in [-0.39, 0.29) is 76.1 Å². The quantitative estimate of drug-likeness (QED) is 0.0352. The van der Waals surface area contributed by atoms with Crippen LogP contribution in [0.25, 0.3) is 10.9 Å². The van der Waals surface area contributed by atoms with Gasteiger partial charge in [-0.15, -0.1) is 0 Å². The number of aliphatic imine (C=N–C) groups is 1. The molecule has 16 N–H and O–H groups in total. The molecule has 2 aromatic carbocycles. The van der Waals surface area contributed by atoms with Crippen molar-refractivity contribution in [3.63, 3.8) is 0 Å². The number of amides is 10. The van der Waals surface area contributed by atoms with Crippen LogP contribution in [0, 0.1) is 0 Å². The number of benzene rings is 2. The number of carbonyl (C=O) groups excluding carboxylic acids is 10. The molecular weight excluding hydrogens is 1010 g/mol. The molecule has 2 aromatic heterocycles. The zero-order valence-corrected chi connectivity index (χ0v) is 43.6. The van der Waals surface area contributed by atoms with E-state index in [9.17, 15) is 47.9 Å². The number of piperazine rings is 1. The van der Waals surface area contributed by atoms with Crippen LogP contribution in [0.4, 0.5) is 0 Å². The maximum Gasteiger partial charge on any atom is 0.247 e. The Kier molecular flexibility index (Phi) is 21.2. The molecule has 6 rings (SSSR count). The number of primary amides is 1. The van der Waals surface area contributed by atoms with E-state index >= 15 is 0 Å². The first-order valence-electron chi connectivity index (χ1n) is 26.0. The third kappa shape index (κ3) is 16.6. The molecule has 4 heterocycles. The third-order valence-corrected chi connectivity index (χ3v) is 13.5. The first kappa shape index (κ1) is 58.4. The van der Waals surface area contributed by atoms with Crippen LogP contribution < -0.4 is 59.7 Å². The second kappa shape index (κ2) is 28.3. The summed E-state index contributed by atoms with van der Waals surface area (Å²) in [7, 11) is 0. The SMILES string of the molecule is CCCC[C@H]1C(=O)N[C@@H](C(=O)N[C@H]2CC(=O)NCCCC[C@@H](C(N)=O)NC(=O)[C@H](Cc3c[nH]c4ccccc34)NC(=O)[C@H](CCCN=C(N)N)NC(=O)C(c3ccccc3)NC(=O)[C@H](Cc3cnc[nH]3)NC2=O)CN1C(C)=O. The first-order chi connectivity index (χ1) is 37.4. The van der Waals surface area contributed by atoms with Crippen LogP contribution >= 0.6 is 0 Å². The smallest absolute Gasteiger partial charge is 0.247 e. The van der Waals surface area contributed by atoms with E-state index in [2.05, 4.69) is 62.5 Å². The zero-order valence-electron chi connectivity index (χ0n) is 43.6. The number of hydrogen-bond acceptors (Lipinski definition) is 12. The van der Waals surface area contributed by atoms with Crippen LogP contribution in [0.3, 0.4) is 0 Å². The summed E-state index contributed by atoms with van der Waals surface area (Å²) in [6, 6.07) is 4.44. The molecule has 10 amide bonds. The highest BCUT2D eigenvalue weighted by molar-refractivity contribution is 6.00. The monoisotopic (exact) mass is 1080 g/mol. The highest BCUT2D eigenvalue weighted by atomic mass is 16.2. The number of carbonyl (C=O) groups is 10. The Balaban J connectivity index is 1.36. The molecule has 0 radical (unpaired) electrons. The molecule has 0 bridgehead atoms. The minimum Gasteiger partial charge on any atom is -0.370 e. The molecule has 78 heavy (non-hydrogen) atoms. The topological polar surface area (TPSA) is 405 Å². The molecule has 0 spiro atoms. The molecule has 26 nitrogen and oxygen atoms in total. The van der Waals surface area contributed by atoms with Crippen LogP contribution in [-0.2, 0) is 60.8 Å². The minimum atomic E-state index is -1.69. The van der Waals surface area contributed by atoms with Crippen molar-refractivity contribution in [1.82, 2.24) is 62.4 Å². The van der Waals surface area contributed by atoms with Crippen molar-refractivity contribution < 1.29 is 47.9 Å². The number of para-hydroxylation sites is 1. The van der Waals surface area contributed by atoms with Gasteiger partial charge in [0.2, 0.25) is 59.1 Å². The number of fused-ring (bicyclic) bond motifs is 1. The van der Waals surface area contributed by atoms with Gasteiger partial charge in [0.1, 0.15) is 48.3 Å². The fraction of sp³-hybridized carbons (Fsp3) is 0.462. The summed E-state index contributed by atoms with van der Waals surface area (Å²) >= 11 is 0. The molecule has 4 aromatic rings. The number of unbranched alkanes of at least 4 members (excludes halogenated alkanes) is 1. The van der Waals surface area contributed by atoms with Gasteiger partial charge in [0, 0.05) is 61.8 Å². The summed E-state index contributed by atoms with van der Waals surface area (Å²) in [6.45, 7) is 3.03. The number of imidazole rings is 1. The maximum atomic E-state index is 14.8. The number of H-pyrrole nitrogens is 2. The van der Waals surface area contributed by atoms with Crippen molar-refractivity contribution in [2.24, 2.45) is 22.2 Å².